The predicted octanol–water partition coefficient (Wildman–Crippen LogP) is 2.60. The molecule has 136 valence electrons. The maximum absolute atomic E-state index is 13.4. The monoisotopic (exact) mass is 354 g/mol. The van der Waals surface area contributed by atoms with Crippen LogP contribution in [-0.4, -0.2) is 45.2 Å². The van der Waals surface area contributed by atoms with Gasteiger partial charge in [-0.05, 0) is 30.5 Å². The fraction of sp³-hybridized carbons (Fsp3) is 0.529. The molecular weight excluding hydrogens is 333 g/mol. The Morgan fingerprint density at radius 2 is 2.12 bits per heavy atom. The van der Waals surface area contributed by atoms with Crippen LogP contribution >= 0.6 is 0 Å². The minimum atomic E-state index is -4.28. The SMILES string of the molecule is CC(=O)NC1CCC(C(F)(F)F)N(Cc2ccc3c(c2)ncn3C)C1. The first-order valence-electron chi connectivity index (χ1n) is 8.22. The van der Waals surface area contributed by atoms with Crippen molar-refractivity contribution in [1.82, 2.24) is 19.8 Å². The molecule has 2 heterocycles. The lowest BCUT2D eigenvalue weighted by atomic mass is 9.96. The van der Waals surface area contributed by atoms with Gasteiger partial charge in [-0.15, -0.1) is 0 Å². The van der Waals surface area contributed by atoms with E-state index in [4.69, 9.17) is 0 Å². The van der Waals surface area contributed by atoms with Crippen molar-refractivity contribution >= 4 is 16.9 Å². The topological polar surface area (TPSA) is 50.2 Å². The van der Waals surface area contributed by atoms with Gasteiger partial charge in [-0.1, -0.05) is 6.07 Å². The van der Waals surface area contributed by atoms with Crippen LogP contribution in [0.2, 0.25) is 0 Å². The van der Waals surface area contributed by atoms with Crippen molar-refractivity contribution in [1.29, 1.82) is 0 Å². The normalized spacial score (nSPS) is 22.3. The van der Waals surface area contributed by atoms with Gasteiger partial charge in [0.05, 0.1) is 17.4 Å². The van der Waals surface area contributed by atoms with Crippen LogP contribution in [0.15, 0.2) is 24.5 Å². The number of aryl methyl sites for hydroxylation is 1. The highest BCUT2D eigenvalue weighted by Gasteiger charge is 2.46. The van der Waals surface area contributed by atoms with E-state index in [9.17, 15) is 18.0 Å². The first kappa shape index (κ1) is 17.7. The van der Waals surface area contributed by atoms with Gasteiger partial charge in [-0.3, -0.25) is 9.69 Å². The Balaban J connectivity index is 1.81. The molecule has 0 spiro atoms. The lowest BCUT2D eigenvalue weighted by Crippen LogP contribution is -2.55. The molecule has 1 aromatic heterocycles. The van der Waals surface area contributed by atoms with Gasteiger partial charge in [0.1, 0.15) is 6.04 Å². The van der Waals surface area contributed by atoms with Crippen LogP contribution < -0.4 is 5.32 Å². The summed E-state index contributed by atoms with van der Waals surface area (Å²) in [5.41, 5.74) is 2.48. The molecule has 3 rings (SSSR count). The van der Waals surface area contributed by atoms with Crippen molar-refractivity contribution in [3.63, 3.8) is 0 Å². The minimum absolute atomic E-state index is 0.0136. The van der Waals surface area contributed by atoms with E-state index in [1.165, 1.54) is 11.8 Å². The van der Waals surface area contributed by atoms with Crippen LogP contribution in [0.3, 0.4) is 0 Å². The summed E-state index contributed by atoms with van der Waals surface area (Å²) in [6, 6.07) is 3.78. The number of piperidine rings is 1. The van der Waals surface area contributed by atoms with Crippen LogP contribution in [0.5, 0.6) is 0 Å². The standard InChI is InChI=1S/C17H21F3N4O/c1-11(25)22-13-4-6-16(17(18,19)20)24(9-13)8-12-3-5-15-14(7-12)21-10-23(15)2/h3,5,7,10,13,16H,4,6,8-9H2,1-2H3,(H,22,25). The molecule has 1 aromatic carbocycles. The third-order valence-electron chi connectivity index (χ3n) is 4.64. The van der Waals surface area contributed by atoms with Gasteiger partial charge < -0.3 is 9.88 Å². The Morgan fingerprint density at radius 3 is 2.80 bits per heavy atom. The number of aromatic nitrogens is 2. The Morgan fingerprint density at radius 1 is 1.36 bits per heavy atom. The molecular formula is C17H21F3N4O. The number of halogens is 3. The average Bonchev–Trinajstić information content (AvgIpc) is 2.86. The molecule has 1 N–H and O–H groups in total. The Kier molecular flexibility index (Phi) is 4.73. The van der Waals surface area contributed by atoms with Crippen LogP contribution in [0.1, 0.15) is 25.3 Å². The van der Waals surface area contributed by atoms with Crippen molar-refractivity contribution in [2.45, 2.75) is 44.6 Å². The fourth-order valence-corrected chi connectivity index (χ4v) is 3.51. The van der Waals surface area contributed by atoms with Crippen LogP contribution in [-0.2, 0) is 18.4 Å². The van der Waals surface area contributed by atoms with Gasteiger partial charge in [0.25, 0.3) is 0 Å². The first-order chi connectivity index (χ1) is 11.7. The summed E-state index contributed by atoms with van der Waals surface area (Å²) in [6.45, 7) is 1.74. The summed E-state index contributed by atoms with van der Waals surface area (Å²) in [4.78, 5) is 16.9. The van der Waals surface area contributed by atoms with E-state index in [-0.39, 0.29) is 31.5 Å². The van der Waals surface area contributed by atoms with Crippen LogP contribution in [0.4, 0.5) is 13.2 Å². The van der Waals surface area contributed by atoms with Crippen molar-refractivity contribution < 1.29 is 18.0 Å². The van der Waals surface area contributed by atoms with Crippen LogP contribution in [0, 0.1) is 0 Å². The largest absolute Gasteiger partial charge is 0.404 e. The smallest absolute Gasteiger partial charge is 0.352 e. The fourth-order valence-electron chi connectivity index (χ4n) is 3.51. The van der Waals surface area contributed by atoms with E-state index in [0.29, 0.717) is 6.42 Å². The van der Waals surface area contributed by atoms with Gasteiger partial charge in [-0.2, -0.15) is 13.2 Å². The summed E-state index contributed by atoms with van der Waals surface area (Å²) in [5.74, 6) is -0.217. The lowest BCUT2D eigenvalue weighted by molar-refractivity contribution is -0.194. The summed E-state index contributed by atoms with van der Waals surface area (Å²) in [7, 11) is 1.87. The maximum Gasteiger partial charge on any atom is 0.404 e. The van der Waals surface area contributed by atoms with E-state index >= 15 is 0 Å². The van der Waals surface area contributed by atoms with E-state index in [0.717, 1.165) is 16.6 Å². The number of hydrogen-bond donors (Lipinski definition) is 1. The quantitative estimate of drug-likeness (QED) is 0.922. The Hall–Kier alpha value is -2.09. The number of benzene rings is 1. The summed E-state index contributed by atoms with van der Waals surface area (Å²) in [5, 5.41) is 2.74. The molecule has 5 nitrogen and oxygen atoms in total. The number of fused-ring (bicyclic) bond motifs is 1. The van der Waals surface area contributed by atoms with Gasteiger partial charge in [0.15, 0.2) is 0 Å². The molecule has 25 heavy (non-hydrogen) atoms. The molecule has 1 saturated heterocycles. The molecule has 2 aromatic rings. The van der Waals surface area contributed by atoms with Crippen molar-refractivity contribution in [3.05, 3.63) is 30.1 Å². The number of nitrogens with zero attached hydrogens (tertiary/aromatic N) is 3. The number of rotatable bonds is 3. The Labute approximate surface area is 143 Å². The third kappa shape index (κ3) is 3.95. The van der Waals surface area contributed by atoms with Gasteiger partial charge in [0, 0.05) is 33.1 Å². The zero-order valence-corrected chi connectivity index (χ0v) is 14.2. The molecule has 8 heteroatoms. The number of carbonyl (C=O) groups is 1. The van der Waals surface area contributed by atoms with Gasteiger partial charge in [-0.25, -0.2) is 4.98 Å². The molecule has 0 radical (unpaired) electrons. The molecule has 0 saturated carbocycles. The van der Waals surface area contributed by atoms with E-state index in [1.807, 2.05) is 29.8 Å². The molecule has 0 aliphatic carbocycles. The number of nitrogens with one attached hydrogen (secondary N) is 1. The molecule has 1 fully saturated rings. The molecule has 1 amide bonds. The number of likely N-dealkylation sites (tertiary alicyclic amines) is 1. The number of imidazole rings is 1. The highest BCUT2D eigenvalue weighted by atomic mass is 19.4. The zero-order chi connectivity index (χ0) is 18.2. The van der Waals surface area contributed by atoms with Gasteiger partial charge >= 0.3 is 6.18 Å². The van der Waals surface area contributed by atoms with Crippen molar-refractivity contribution in [3.8, 4) is 0 Å². The average molecular weight is 354 g/mol. The maximum atomic E-state index is 13.4. The van der Waals surface area contributed by atoms with Crippen molar-refractivity contribution in [2.75, 3.05) is 6.54 Å². The lowest BCUT2D eigenvalue weighted by Gasteiger charge is -2.40. The minimum Gasteiger partial charge on any atom is -0.352 e. The zero-order valence-electron chi connectivity index (χ0n) is 14.2. The highest BCUT2D eigenvalue weighted by molar-refractivity contribution is 5.76. The second-order valence-electron chi connectivity index (χ2n) is 6.64. The van der Waals surface area contributed by atoms with E-state index in [1.54, 1.807) is 6.33 Å². The third-order valence-corrected chi connectivity index (χ3v) is 4.64. The highest BCUT2D eigenvalue weighted by Crippen LogP contribution is 2.33. The first-order valence-corrected chi connectivity index (χ1v) is 8.22. The number of hydrogen-bond acceptors (Lipinski definition) is 3. The predicted molar refractivity (Wildman–Crippen MR) is 87.8 cm³/mol. The van der Waals surface area contributed by atoms with E-state index in [2.05, 4.69) is 10.3 Å². The second kappa shape index (κ2) is 6.67. The van der Waals surface area contributed by atoms with Crippen molar-refractivity contribution in [2.24, 2.45) is 7.05 Å². The number of alkyl halides is 3. The molecule has 2 atom stereocenters. The summed E-state index contributed by atoms with van der Waals surface area (Å²) < 4.78 is 42.1. The molecule has 2 unspecified atom stereocenters. The number of amides is 1. The molecule has 1 aliphatic rings. The van der Waals surface area contributed by atoms with Gasteiger partial charge in [0.2, 0.25) is 5.91 Å². The number of carbonyl (C=O) groups excluding carboxylic acids is 1. The van der Waals surface area contributed by atoms with E-state index < -0.39 is 12.2 Å². The summed E-state index contributed by atoms with van der Waals surface area (Å²) in [6.07, 6.45) is -2.28. The second-order valence-corrected chi connectivity index (χ2v) is 6.64. The summed E-state index contributed by atoms with van der Waals surface area (Å²) >= 11 is 0. The molecule has 1 aliphatic heterocycles. The molecule has 0 bridgehead atoms. The van der Waals surface area contributed by atoms with Crippen LogP contribution in [0.25, 0.3) is 11.0 Å². The Bertz CT molecular complexity index is 771.